The predicted molar refractivity (Wildman–Crippen MR) is 78.4 cm³/mol. The topological polar surface area (TPSA) is 17.1 Å². The highest BCUT2D eigenvalue weighted by molar-refractivity contribution is 9.10. The van der Waals surface area contributed by atoms with Crippen molar-refractivity contribution in [2.24, 2.45) is 0 Å². The number of rotatable bonds is 3. The van der Waals surface area contributed by atoms with Gasteiger partial charge in [-0.15, -0.1) is 0 Å². The summed E-state index contributed by atoms with van der Waals surface area (Å²) in [6.45, 7) is 1.90. The molecule has 0 heterocycles. The Morgan fingerprint density at radius 3 is 2.50 bits per heavy atom. The van der Waals surface area contributed by atoms with Gasteiger partial charge in [0.2, 0.25) is 0 Å². The minimum absolute atomic E-state index is 0.0472. The summed E-state index contributed by atoms with van der Waals surface area (Å²) >= 11 is 9.52. The molecule has 0 amide bonds. The van der Waals surface area contributed by atoms with Crippen molar-refractivity contribution in [1.82, 2.24) is 0 Å². The SMILES string of the molecule is Cc1cccc(C(=O)Cc2ccc(Br)cc2)c1Cl. The van der Waals surface area contributed by atoms with Crippen LogP contribution < -0.4 is 0 Å². The van der Waals surface area contributed by atoms with Crippen LogP contribution in [0, 0.1) is 6.92 Å². The molecule has 0 radical (unpaired) electrons. The van der Waals surface area contributed by atoms with E-state index in [4.69, 9.17) is 11.6 Å². The first-order valence-electron chi connectivity index (χ1n) is 5.60. The summed E-state index contributed by atoms with van der Waals surface area (Å²) in [7, 11) is 0. The molecule has 0 unspecified atom stereocenters. The zero-order valence-electron chi connectivity index (χ0n) is 9.91. The molecule has 0 bridgehead atoms. The molecule has 0 aliphatic rings. The monoisotopic (exact) mass is 322 g/mol. The Morgan fingerprint density at radius 1 is 1.17 bits per heavy atom. The van der Waals surface area contributed by atoms with E-state index in [-0.39, 0.29) is 5.78 Å². The highest BCUT2D eigenvalue weighted by atomic mass is 79.9. The van der Waals surface area contributed by atoms with Crippen LogP contribution in [0.25, 0.3) is 0 Å². The maximum Gasteiger partial charge on any atom is 0.168 e. The molecule has 0 aromatic heterocycles. The zero-order valence-corrected chi connectivity index (χ0v) is 12.3. The van der Waals surface area contributed by atoms with Crippen molar-refractivity contribution >= 4 is 33.3 Å². The van der Waals surface area contributed by atoms with Crippen molar-refractivity contribution in [3.8, 4) is 0 Å². The van der Waals surface area contributed by atoms with Crippen LogP contribution in [0.15, 0.2) is 46.9 Å². The van der Waals surface area contributed by atoms with Gasteiger partial charge in [-0.3, -0.25) is 4.79 Å². The molecule has 1 nitrogen and oxygen atoms in total. The van der Waals surface area contributed by atoms with E-state index in [1.54, 1.807) is 6.07 Å². The first-order valence-corrected chi connectivity index (χ1v) is 6.78. The minimum atomic E-state index is 0.0472. The lowest BCUT2D eigenvalue weighted by Crippen LogP contribution is -2.04. The van der Waals surface area contributed by atoms with Crippen LogP contribution in [0.5, 0.6) is 0 Å². The normalized spacial score (nSPS) is 10.4. The van der Waals surface area contributed by atoms with Crippen LogP contribution >= 0.6 is 27.5 Å². The van der Waals surface area contributed by atoms with E-state index in [2.05, 4.69) is 15.9 Å². The molecule has 0 atom stereocenters. The molecule has 0 saturated heterocycles. The molecule has 3 heteroatoms. The molecule has 2 aromatic rings. The van der Waals surface area contributed by atoms with Gasteiger partial charge >= 0.3 is 0 Å². The standard InChI is InChI=1S/C15H12BrClO/c1-10-3-2-4-13(15(10)17)14(18)9-11-5-7-12(16)8-6-11/h2-8H,9H2,1H3. The highest BCUT2D eigenvalue weighted by Crippen LogP contribution is 2.22. The van der Waals surface area contributed by atoms with Gasteiger partial charge < -0.3 is 0 Å². The molecular weight excluding hydrogens is 312 g/mol. The second-order valence-corrected chi connectivity index (χ2v) is 5.46. The summed E-state index contributed by atoms with van der Waals surface area (Å²) in [5.41, 5.74) is 2.51. The number of carbonyl (C=O) groups is 1. The number of carbonyl (C=O) groups excluding carboxylic acids is 1. The third-order valence-electron chi connectivity index (χ3n) is 2.77. The molecular formula is C15H12BrClO. The van der Waals surface area contributed by atoms with Gasteiger partial charge in [0.05, 0.1) is 5.02 Å². The number of Topliss-reactive ketones (excluding diaryl/α,β-unsaturated/α-hetero) is 1. The predicted octanol–water partition coefficient (Wildman–Crippen LogP) is 4.84. The van der Waals surface area contributed by atoms with Crippen molar-refractivity contribution in [2.45, 2.75) is 13.3 Å². The Bertz CT molecular complexity index is 576. The van der Waals surface area contributed by atoms with Crippen molar-refractivity contribution < 1.29 is 4.79 Å². The third kappa shape index (κ3) is 3.01. The highest BCUT2D eigenvalue weighted by Gasteiger charge is 2.12. The van der Waals surface area contributed by atoms with E-state index in [1.165, 1.54) is 0 Å². The van der Waals surface area contributed by atoms with Crippen LogP contribution in [0.1, 0.15) is 21.5 Å². The summed E-state index contributed by atoms with van der Waals surface area (Å²) in [6, 6.07) is 13.3. The van der Waals surface area contributed by atoms with E-state index in [9.17, 15) is 4.79 Å². The van der Waals surface area contributed by atoms with Crippen LogP contribution in [0.2, 0.25) is 5.02 Å². The average Bonchev–Trinajstić information content (AvgIpc) is 2.35. The van der Waals surface area contributed by atoms with Gasteiger partial charge in [0.25, 0.3) is 0 Å². The third-order valence-corrected chi connectivity index (χ3v) is 3.80. The van der Waals surface area contributed by atoms with Crippen molar-refractivity contribution in [2.75, 3.05) is 0 Å². The minimum Gasteiger partial charge on any atom is -0.294 e. The molecule has 2 rings (SSSR count). The Balaban J connectivity index is 2.22. The molecule has 92 valence electrons. The number of halogens is 2. The summed E-state index contributed by atoms with van der Waals surface area (Å²) < 4.78 is 1.01. The number of ketones is 1. The molecule has 0 aliphatic carbocycles. The quantitative estimate of drug-likeness (QED) is 0.739. The zero-order chi connectivity index (χ0) is 13.1. The maximum atomic E-state index is 12.2. The van der Waals surface area contributed by atoms with Crippen molar-refractivity contribution in [3.63, 3.8) is 0 Å². The van der Waals surface area contributed by atoms with Gasteiger partial charge in [-0.25, -0.2) is 0 Å². The number of aryl methyl sites for hydroxylation is 1. The summed E-state index contributed by atoms with van der Waals surface area (Å²) in [4.78, 5) is 12.2. The molecule has 0 saturated carbocycles. The Kier molecular flexibility index (Phi) is 4.20. The first-order chi connectivity index (χ1) is 8.58. The van der Waals surface area contributed by atoms with Gasteiger partial charge in [-0.1, -0.05) is 51.8 Å². The Labute approximate surface area is 120 Å². The Morgan fingerprint density at radius 2 is 1.83 bits per heavy atom. The molecule has 0 aliphatic heterocycles. The lowest BCUT2D eigenvalue weighted by molar-refractivity contribution is 0.0993. The number of hydrogen-bond donors (Lipinski definition) is 0. The van der Waals surface area contributed by atoms with Crippen LogP contribution in [-0.2, 0) is 6.42 Å². The van der Waals surface area contributed by atoms with Crippen LogP contribution in [0.4, 0.5) is 0 Å². The summed E-state index contributed by atoms with van der Waals surface area (Å²) in [5.74, 6) is 0.0472. The van der Waals surface area contributed by atoms with Gasteiger partial charge in [0.1, 0.15) is 0 Å². The average molecular weight is 324 g/mol. The van der Waals surface area contributed by atoms with E-state index >= 15 is 0 Å². The molecule has 0 spiro atoms. The van der Waals surface area contributed by atoms with Crippen molar-refractivity contribution in [1.29, 1.82) is 0 Å². The second kappa shape index (κ2) is 5.68. The second-order valence-electron chi connectivity index (χ2n) is 4.16. The van der Waals surface area contributed by atoms with Crippen molar-refractivity contribution in [3.05, 3.63) is 68.7 Å². The smallest absolute Gasteiger partial charge is 0.168 e. The molecule has 2 aromatic carbocycles. The lowest BCUT2D eigenvalue weighted by Gasteiger charge is -2.06. The van der Waals surface area contributed by atoms with Crippen LogP contribution in [-0.4, -0.2) is 5.78 Å². The summed E-state index contributed by atoms with van der Waals surface area (Å²) in [5, 5.41) is 0.555. The fraction of sp³-hybridized carbons (Fsp3) is 0.133. The van der Waals surface area contributed by atoms with Gasteiger partial charge in [0.15, 0.2) is 5.78 Å². The van der Waals surface area contributed by atoms with E-state index in [0.717, 1.165) is 15.6 Å². The summed E-state index contributed by atoms with van der Waals surface area (Å²) in [6.07, 6.45) is 0.371. The van der Waals surface area contributed by atoms with Crippen LogP contribution in [0.3, 0.4) is 0 Å². The fourth-order valence-corrected chi connectivity index (χ4v) is 2.24. The molecule has 0 fully saturated rings. The van der Waals surface area contributed by atoms with E-state index < -0.39 is 0 Å². The van der Waals surface area contributed by atoms with Gasteiger partial charge in [0, 0.05) is 16.5 Å². The fourth-order valence-electron chi connectivity index (χ4n) is 1.75. The Hall–Kier alpha value is -1.12. The molecule has 18 heavy (non-hydrogen) atoms. The first kappa shape index (κ1) is 13.3. The van der Waals surface area contributed by atoms with Gasteiger partial charge in [-0.2, -0.15) is 0 Å². The molecule has 0 N–H and O–H groups in total. The largest absolute Gasteiger partial charge is 0.294 e. The maximum absolute atomic E-state index is 12.2. The number of benzene rings is 2. The van der Waals surface area contributed by atoms with Gasteiger partial charge in [-0.05, 0) is 36.2 Å². The lowest BCUT2D eigenvalue weighted by atomic mass is 10.0. The number of hydrogen-bond acceptors (Lipinski definition) is 1. The van der Waals surface area contributed by atoms with E-state index in [1.807, 2.05) is 43.3 Å². The van der Waals surface area contributed by atoms with E-state index in [0.29, 0.717) is 17.0 Å².